The Balaban J connectivity index is 2.06. The Bertz CT molecular complexity index is 779. The van der Waals surface area contributed by atoms with Crippen molar-refractivity contribution >= 4 is 11.9 Å². The molecule has 0 aliphatic carbocycles. The molecule has 1 unspecified atom stereocenters. The highest BCUT2D eigenvalue weighted by Crippen LogP contribution is 2.35. The summed E-state index contributed by atoms with van der Waals surface area (Å²) in [6, 6.07) is 12.6. The Morgan fingerprint density at radius 2 is 2.00 bits per heavy atom. The van der Waals surface area contributed by atoms with E-state index in [1.807, 2.05) is 30.3 Å². The lowest BCUT2D eigenvalue weighted by atomic mass is 9.88. The molecule has 6 heteroatoms. The molecule has 2 N–H and O–H groups in total. The van der Waals surface area contributed by atoms with Gasteiger partial charge in [-0.05, 0) is 30.2 Å². The number of Topliss-reactive ketones (excluding diaryl/α,β-unsaturated/α-hetero) is 1. The number of ketones is 1. The van der Waals surface area contributed by atoms with Crippen molar-refractivity contribution < 1.29 is 18.7 Å². The molecule has 0 saturated heterocycles. The van der Waals surface area contributed by atoms with Crippen LogP contribution in [0.4, 0.5) is 9.18 Å². The average molecular weight is 328 g/mol. The van der Waals surface area contributed by atoms with Crippen molar-refractivity contribution in [1.29, 1.82) is 0 Å². The molecule has 1 amide bonds. The minimum atomic E-state index is -0.910. The normalized spacial score (nSPS) is 18.8. The molecule has 2 aromatic rings. The first-order valence-corrected chi connectivity index (χ1v) is 7.57. The Morgan fingerprint density at radius 3 is 2.67 bits per heavy atom. The molecular formula is C18H17FN2O3. The van der Waals surface area contributed by atoms with Gasteiger partial charge in [-0.25, -0.2) is 14.1 Å². The molecule has 3 rings (SSSR count). The van der Waals surface area contributed by atoms with E-state index in [-0.39, 0.29) is 5.78 Å². The van der Waals surface area contributed by atoms with E-state index in [4.69, 9.17) is 10.5 Å². The highest BCUT2D eigenvalue weighted by molar-refractivity contribution is 6.02. The fraction of sp³-hybridized carbons (Fsp3) is 0.222. The van der Waals surface area contributed by atoms with Crippen LogP contribution in [0.5, 0.6) is 0 Å². The fourth-order valence-corrected chi connectivity index (χ4v) is 3.05. The van der Waals surface area contributed by atoms with Gasteiger partial charge in [0.2, 0.25) is 0 Å². The Labute approximate surface area is 138 Å². The van der Waals surface area contributed by atoms with Crippen LogP contribution in [-0.4, -0.2) is 23.0 Å². The molecule has 1 aliphatic heterocycles. The summed E-state index contributed by atoms with van der Waals surface area (Å²) in [5.74, 6) is -0.689. The van der Waals surface area contributed by atoms with Crippen molar-refractivity contribution in [3.8, 4) is 0 Å². The summed E-state index contributed by atoms with van der Waals surface area (Å²) in [5.41, 5.74) is 6.90. The number of amides is 1. The third kappa shape index (κ3) is 3.00. The van der Waals surface area contributed by atoms with E-state index in [0.29, 0.717) is 17.7 Å². The Hall–Kier alpha value is -2.73. The number of primary amides is 1. The fourth-order valence-electron chi connectivity index (χ4n) is 3.05. The predicted molar refractivity (Wildman–Crippen MR) is 85.6 cm³/mol. The van der Waals surface area contributed by atoms with E-state index in [1.54, 1.807) is 17.9 Å². The molecule has 0 aromatic heterocycles. The maximum Gasteiger partial charge on any atom is 0.406 e. The Morgan fingerprint density at radius 1 is 1.29 bits per heavy atom. The number of benzene rings is 2. The lowest BCUT2D eigenvalue weighted by Gasteiger charge is -2.38. The quantitative estimate of drug-likeness (QED) is 0.940. The monoisotopic (exact) mass is 328 g/mol. The lowest BCUT2D eigenvalue weighted by molar-refractivity contribution is -0.0268. The molecule has 1 aliphatic rings. The smallest absolute Gasteiger partial charge is 0.406 e. The SMILES string of the molecule is C[C@H](OC(N)=O)N1Cc2ccc(F)cc2C(=O)C1c1ccccc1. The first-order valence-electron chi connectivity index (χ1n) is 7.57. The van der Waals surface area contributed by atoms with Gasteiger partial charge in [-0.2, -0.15) is 0 Å². The van der Waals surface area contributed by atoms with Gasteiger partial charge < -0.3 is 10.5 Å². The minimum Gasteiger partial charge on any atom is -0.431 e. The zero-order chi connectivity index (χ0) is 17.3. The largest absolute Gasteiger partial charge is 0.431 e. The number of fused-ring (bicyclic) bond motifs is 1. The predicted octanol–water partition coefficient (Wildman–Crippen LogP) is 3.01. The van der Waals surface area contributed by atoms with E-state index in [0.717, 1.165) is 5.56 Å². The van der Waals surface area contributed by atoms with Crippen molar-refractivity contribution in [2.75, 3.05) is 0 Å². The summed E-state index contributed by atoms with van der Waals surface area (Å²) in [7, 11) is 0. The van der Waals surface area contributed by atoms with Gasteiger partial charge in [-0.1, -0.05) is 36.4 Å². The van der Waals surface area contributed by atoms with Crippen molar-refractivity contribution in [3.63, 3.8) is 0 Å². The molecular weight excluding hydrogens is 311 g/mol. The van der Waals surface area contributed by atoms with Crippen LogP contribution in [0.1, 0.15) is 34.5 Å². The molecule has 124 valence electrons. The summed E-state index contributed by atoms with van der Waals surface area (Å²) in [4.78, 5) is 25.8. The van der Waals surface area contributed by atoms with E-state index in [2.05, 4.69) is 0 Å². The number of nitrogens with two attached hydrogens (primary N) is 1. The third-order valence-corrected chi connectivity index (χ3v) is 4.14. The summed E-state index contributed by atoms with van der Waals surface area (Å²) >= 11 is 0. The van der Waals surface area contributed by atoms with Gasteiger partial charge in [-0.3, -0.25) is 4.79 Å². The second-order valence-electron chi connectivity index (χ2n) is 5.69. The number of halogens is 1. The van der Waals surface area contributed by atoms with Gasteiger partial charge in [0.25, 0.3) is 0 Å². The summed E-state index contributed by atoms with van der Waals surface area (Å²) < 4.78 is 18.6. The first kappa shape index (κ1) is 16.1. The second-order valence-corrected chi connectivity index (χ2v) is 5.69. The number of nitrogens with zero attached hydrogens (tertiary/aromatic N) is 1. The Kier molecular flexibility index (Phi) is 4.31. The molecule has 2 atom stereocenters. The summed E-state index contributed by atoms with van der Waals surface area (Å²) in [5, 5.41) is 0. The van der Waals surface area contributed by atoms with Gasteiger partial charge in [-0.15, -0.1) is 0 Å². The number of ether oxygens (including phenoxy) is 1. The highest BCUT2D eigenvalue weighted by atomic mass is 19.1. The van der Waals surface area contributed by atoms with Crippen LogP contribution in [-0.2, 0) is 11.3 Å². The van der Waals surface area contributed by atoms with E-state index < -0.39 is 24.2 Å². The molecule has 0 radical (unpaired) electrons. The van der Waals surface area contributed by atoms with Gasteiger partial charge >= 0.3 is 6.09 Å². The third-order valence-electron chi connectivity index (χ3n) is 4.14. The number of rotatable bonds is 3. The van der Waals surface area contributed by atoms with Crippen LogP contribution in [0, 0.1) is 5.82 Å². The first-order chi connectivity index (χ1) is 11.5. The van der Waals surface area contributed by atoms with Gasteiger partial charge in [0.15, 0.2) is 12.0 Å². The molecule has 0 saturated carbocycles. The van der Waals surface area contributed by atoms with E-state index in [1.165, 1.54) is 12.1 Å². The van der Waals surface area contributed by atoms with Crippen LogP contribution in [0.2, 0.25) is 0 Å². The molecule has 0 bridgehead atoms. The number of carbonyl (C=O) groups is 2. The maximum atomic E-state index is 13.6. The van der Waals surface area contributed by atoms with E-state index in [9.17, 15) is 14.0 Å². The average Bonchev–Trinajstić information content (AvgIpc) is 2.55. The summed E-state index contributed by atoms with van der Waals surface area (Å²) in [6.07, 6.45) is -1.61. The maximum absolute atomic E-state index is 13.6. The van der Waals surface area contributed by atoms with Crippen LogP contribution in [0.25, 0.3) is 0 Å². The van der Waals surface area contributed by atoms with Crippen LogP contribution in [0.3, 0.4) is 0 Å². The van der Waals surface area contributed by atoms with Crippen molar-refractivity contribution in [1.82, 2.24) is 4.90 Å². The van der Waals surface area contributed by atoms with Gasteiger partial charge in [0.1, 0.15) is 11.9 Å². The topological polar surface area (TPSA) is 72.6 Å². The van der Waals surface area contributed by atoms with Gasteiger partial charge in [0.05, 0.1) is 0 Å². The standard InChI is InChI=1S/C18H17FN2O3/c1-11(24-18(20)23)21-10-13-7-8-14(19)9-15(13)17(22)16(21)12-5-3-2-4-6-12/h2-9,11,16H,10H2,1H3,(H2,20,23)/t11-,16?/m0/s1. The van der Waals surface area contributed by atoms with Crippen LogP contribution < -0.4 is 5.73 Å². The lowest BCUT2D eigenvalue weighted by Crippen LogP contribution is -2.46. The number of carbonyl (C=O) groups excluding carboxylic acids is 2. The summed E-state index contributed by atoms with van der Waals surface area (Å²) in [6.45, 7) is 2.00. The second kappa shape index (κ2) is 6.41. The number of hydrogen-bond donors (Lipinski definition) is 1. The van der Waals surface area contributed by atoms with Crippen molar-refractivity contribution in [2.45, 2.75) is 25.7 Å². The van der Waals surface area contributed by atoms with Crippen LogP contribution >= 0.6 is 0 Å². The number of hydrogen-bond acceptors (Lipinski definition) is 4. The molecule has 5 nitrogen and oxygen atoms in total. The van der Waals surface area contributed by atoms with Gasteiger partial charge in [0, 0.05) is 12.1 Å². The minimum absolute atomic E-state index is 0.234. The molecule has 2 aromatic carbocycles. The molecule has 0 fully saturated rings. The van der Waals surface area contributed by atoms with E-state index >= 15 is 0 Å². The zero-order valence-electron chi connectivity index (χ0n) is 13.1. The van der Waals surface area contributed by atoms with Crippen molar-refractivity contribution in [3.05, 3.63) is 71.0 Å². The molecule has 1 heterocycles. The molecule has 0 spiro atoms. The van der Waals surface area contributed by atoms with Crippen molar-refractivity contribution in [2.24, 2.45) is 5.73 Å². The zero-order valence-corrected chi connectivity index (χ0v) is 13.1. The highest BCUT2D eigenvalue weighted by Gasteiger charge is 2.38. The van der Waals surface area contributed by atoms with Crippen LogP contribution in [0.15, 0.2) is 48.5 Å². The molecule has 24 heavy (non-hydrogen) atoms.